The maximum absolute atomic E-state index is 12.9. The SMILES string of the molecule is CCc1ccc(CNC(=O)C2CCCN(C(=O)c3cc(C)cc(C)c3)C2)cc1. The molecule has 1 unspecified atom stereocenters. The van der Waals surface area contributed by atoms with Crippen molar-refractivity contribution in [2.75, 3.05) is 13.1 Å². The van der Waals surface area contributed by atoms with E-state index in [-0.39, 0.29) is 17.7 Å². The van der Waals surface area contributed by atoms with Gasteiger partial charge in [-0.05, 0) is 56.4 Å². The molecule has 0 radical (unpaired) electrons. The van der Waals surface area contributed by atoms with Crippen molar-refractivity contribution >= 4 is 11.8 Å². The van der Waals surface area contributed by atoms with Gasteiger partial charge in [-0.3, -0.25) is 9.59 Å². The summed E-state index contributed by atoms with van der Waals surface area (Å²) < 4.78 is 0. The average molecular weight is 379 g/mol. The van der Waals surface area contributed by atoms with Crippen LogP contribution in [0.4, 0.5) is 0 Å². The van der Waals surface area contributed by atoms with Crippen molar-refractivity contribution in [3.8, 4) is 0 Å². The van der Waals surface area contributed by atoms with E-state index in [1.165, 1.54) is 5.56 Å². The van der Waals surface area contributed by atoms with Gasteiger partial charge in [0.1, 0.15) is 0 Å². The quantitative estimate of drug-likeness (QED) is 0.854. The summed E-state index contributed by atoms with van der Waals surface area (Å²) in [6, 6.07) is 14.3. The van der Waals surface area contributed by atoms with Gasteiger partial charge in [0.25, 0.3) is 5.91 Å². The molecule has 2 aromatic carbocycles. The summed E-state index contributed by atoms with van der Waals surface area (Å²) in [7, 11) is 0. The largest absolute Gasteiger partial charge is 0.352 e. The molecule has 0 bridgehead atoms. The molecule has 2 aromatic rings. The number of carbonyl (C=O) groups is 2. The van der Waals surface area contributed by atoms with Gasteiger partial charge in [0.05, 0.1) is 5.92 Å². The van der Waals surface area contributed by atoms with Gasteiger partial charge in [-0.1, -0.05) is 48.4 Å². The maximum Gasteiger partial charge on any atom is 0.253 e. The van der Waals surface area contributed by atoms with Gasteiger partial charge >= 0.3 is 0 Å². The van der Waals surface area contributed by atoms with E-state index >= 15 is 0 Å². The minimum atomic E-state index is -0.140. The van der Waals surface area contributed by atoms with Crippen LogP contribution in [-0.4, -0.2) is 29.8 Å². The second kappa shape index (κ2) is 9.05. The monoisotopic (exact) mass is 378 g/mol. The molecule has 0 aliphatic carbocycles. The molecule has 3 rings (SSSR count). The van der Waals surface area contributed by atoms with E-state index in [2.05, 4.69) is 42.6 Å². The van der Waals surface area contributed by atoms with E-state index in [1.807, 2.05) is 30.9 Å². The number of piperidine rings is 1. The molecule has 28 heavy (non-hydrogen) atoms. The van der Waals surface area contributed by atoms with Crippen LogP contribution in [0.15, 0.2) is 42.5 Å². The summed E-state index contributed by atoms with van der Waals surface area (Å²) in [4.78, 5) is 27.4. The fraction of sp³-hybridized carbons (Fsp3) is 0.417. The average Bonchev–Trinajstić information content (AvgIpc) is 2.71. The Morgan fingerprint density at radius 1 is 1.04 bits per heavy atom. The number of hydrogen-bond donors (Lipinski definition) is 1. The topological polar surface area (TPSA) is 49.4 Å². The highest BCUT2D eigenvalue weighted by Gasteiger charge is 2.28. The second-order valence-electron chi connectivity index (χ2n) is 7.85. The first kappa shape index (κ1) is 20.1. The van der Waals surface area contributed by atoms with Crippen LogP contribution in [0.5, 0.6) is 0 Å². The Balaban J connectivity index is 1.58. The molecule has 1 saturated heterocycles. The highest BCUT2D eigenvalue weighted by atomic mass is 16.2. The molecule has 0 saturated carbocycles. The minimum absolute atomic E-state index is 0.0273. The van der Waals surface area contributed by atoms with Crippen LogP contribution in [0.3, 0.4) is 0 Å². The molecular weight excluding hydrogens is 348 g/mol. The molecule has 2 amide bonds. The number of likely N-dealkylation sites (tertiary alicyclic amines) is 1. The third kappa shape index (κ3) is 5.00. The number of aryl methyl sites for hydroxylation is 3. The zero-order valence-corrected chi connectivity index (χ0v) is 17.1. The van der Waals surface area contributed by atoms with Gasteiger partial charge in [0.15, 0.2) is 0 Å². The Labute approximate surface area is 167 Å². The summed E-state index contributed by atoms with van der Waals surface area (Å²) in [5, 5.41) is 3.05. The van der Waals surface area contributed by atoms with Crippen LogP contribution < -0.4 is 5.32 Å². The van der Waals surface area contributed by atoms with Crippen molar-refractivity contribution in [1.82, 2.24) is 10.2 Å². The molecule has 4 heteroatoms. The Bertz CT molecular complexity index is 822. The molecule has 1 fully saturated rings. The molecule has 1 aliphatic heterocycles. The Kier molecular flexibility index (Phi) is 6.50. The lowest BCUT2D eigenvalue weighted by Crippen LogP contribution is -2.45. The number of nitrogens with zero attached hydrogens (tertiary/aromatic N) is 1. The van der Waals surface area contributed by atoms with E-state index in [0.717, 1.165) is 41.5 Å². The number of amides is 2. The first-order chi connectivity index (χ1) is 13.5. The number of nitrogens with one attached hydrogen (secondary N) is 1. The van der Waals surface area contributed by atoms with Gasteiger partial charge in [-0.2, -0.15) is 0 Å². The predicted molar refractivity (Wildman–Crippen MR) is 112 cm³/mol. The Morgan fingerprint density at radius 2 is 1.68 bits per heavy atom. The predicted octanol–water partition coefficient (Wildman–Crippen LogP) is 4.03. The van der Waals surface area contributed by atoms with Crippen molar-refractivity contribution < 1.29 is 9.59 Å². The van der Waals surface area contributed by atoms with Gasteiger partial charge in [0.2, 0.25) is 5.91 Å². The Hall–Kier alpha value is -2.62. The summed E-state index contributed by atoms with van der Waals surface area (Å²) in [5.74, 6) is -0.0736. The summed E-state index contributed by atoms with van der Waals surface area (Å²) in [6.45, 7) is 7.88. The third-order valence-electron chi connectivity index (χ3n) is 5.45. The highest BCUT2D eigenvalue weighted by molar-refractivity contribution is 5.95. The van der Waals surface area contributed by atoms with Gasteiger partial charge in [-0.15, -0.1) is 0 Å². The fourth-order valence-corrected chi connectivity index (χ4v) is 3.88. The second-order valence-corrected chi connectivity index (χ2v) is 7.85. The van der Waals surface area contributed by atoms with Crippen LogP contribution >= 0.6 is 0 Å². The number of rotatable bonds is 5. The van der Waals surface area contributed by atoms with E-state index in [0.29, 0.717) is 19.6 Å². The standard InChI is InChI=1S/C24H30N2O2/c1-4-19-7-9-20(10-8-19)15-25-23(27)21-6-5-11-26(16-21)24(28)22-13-17(2)12-18(3)14-22/h7-10,12-14,21H,4-6,11,15-16H2,1-3H3,(H,25,27). The summed E-state index contributed by atoms with van der Waals surface area (Å²) in [6.07, 6.45) is 2.70. The highest BCUT2D eigenvalue weighted by Crippen LogP contribution is 2.20. The van der Waals surface area contributed by atoms with Crippen LogP contribution in [0.2, 0.25) is 0 Å². The minimum Gasteiger partial charge on any atom is -0.352 e. The molecule has 4 nitrogen and oxygen atoms in total. The smallest absolute Gasteiger partial charge is 0.253 e. The first-order valence-corrected chi connectivity index (χ1v) is 10.2. The van der Waals surface area contributed by atoms with Gasteiger partial charge < -0.3 is 10.2 Å². The van der Waals surface area contributed by atoms with E-state index in [4.69, 9.17) is 0 Å². The molecule has 0 spiro atoms. The van der Waals surface area contributed by atoms with Crippen molar-refractivity contribution in [3.05, 3.63) is 70.3 Å². The fourth-order valence-electron chi connectivity index (χ4n) is 3.88. The number of hydrogen-bond acceptors (Lipinski definition) is 2. The lowest BCUT2D eigenvalue weighted by Gasteiger charge is -2.32. The van der Waals surface area contributed by atoms with E-state index < -0.39 is 0 Å². The number of benzene rings is 2. The Morgan fingerprint density at radius 3 is 2.32 bits per heavy atom. The van der Waals surface area contributed by atoms with Crippen molar-refractivity contribution in [1.29, 1.82) is 0 Å². The van der Waals surface area contributed by atoms with Gasteiger partial charge in [-0.25, -0.2) is 0 Å². The summed E-state index contributed by atoms with van der Waals surface area (Å²) in [5.41, 5.74) is 5.29. The molecule has 1 atom stereocenters. The van der Waals surface area contributed by atoms with Gasteiger partial charge in [0, 0.05) is 25.2 Å². The molecular formula is C24H30N2O2. The molecule has 1 N–H and O–H groups in total. The van der Waals surface area contributed by atoms with Crippen LogP contribution in [0.1, 0.15) is 52.4 Å². The zero-order valence-electron chi connectivity index (χ0n) is 17.1. The van der Waals surface area contributed by atoms with Crippen molar-refractivity contribution in [3.63, 3.8) is 0 Å². The molecule has 1 heterocycles. The third-order valence-corrected chi connectivity index (χ3v) is 5.45. The molecule has 148 valence electrons. The van der Waals surface area contributed by atoms with Crippen LogP contribution in [0.25, 0.3) is 0 Å². The van der Waals surface area contributed by atoms with Crippen LogP contribution in [-0.2, 0) is 17.8 Å². The number of carbonyl (C=O) groups excluding carboxylic acids is 2. The molecule has 0 aromatic heterocycles. The van der Waals surface area contributed by atoms with Crippen molar-refractivity contribution in [2.45, 2.75) is 46.6 Å². The first-order valence-electron chi connectivity index (χ1n) is 10.2. The summed E-state index contributed by atoms with van der Waals surface area (Å²) >= 11 is 0. The van der Waals surface area contributed by atoms with E-state index in [1.54, 1.807) is 0 Å². The lowest BCUT2D eigenvalue weighted by atomic mass is 9.96. The zero-order chi connectivity index (χ0) is 20.1. The van der Waals surface area contributed by atoms with Crippen molar-refractivity contribution in [2.24, 2.45) is 5.92 Å². The van der Waals surface area contributed by atoms with E-state index in [9.17, 15) is 9.59 Å². The molecule has 1 aliphatic rings. The normalized spacial score (nSPS) is 16.7. The van der Waals surface area contributed by atoms with Crippen LogP contribution in [0, 0.1) is 19.8 Å². The lowest BCUT2D eigenvalue weighted by molar-refractivity contribution is -0.126. The maximum atomic E-state index is 12.9.